The molecule has 0 bridgehead atoms. The minimum Gasteiger partial charge on any atom is -0.369 e. The van der Waals surface area contributed by atoms with Crippen molar-refractivity contribution in [3.05, 3.63) is 18.4 Å². The molecule has 0 aromatic carbocycles. The number of aromatic nitrogens is 6. The van der Waals surface area contributed by atoms with Crippen LogP contribution in [0.25, 0.3) is 11.0 Å². The standard InChI is InChI=1S/C9H10N8O/c10-9-14-7(5-3-13-16-8(5)15-9)11-2-1-6-12-4-18-17-6/h3-4H,1-2H2,(H4,10,11,13,14,15,16). The summed E-state index contributed by atoms with van der Waals surface area (Å²) >= 11 is 0. The SMILES string of the molecule is Nc1nc(NCCc2ncon2)c2cn[nH]c2n1. The Hall–Kier alpha value is -2.71. The molecule has 0 radical (unpaired) electrons. The first kappa shape index (κ1) is 10.4. The van der Waals surface area contributed by atoms with Crippen LogP contribution in [0.4, 0.5) is 11.8 Å². The number of nitrogens with one attached hydrogen (secondary N) is 2. The second-order valence-electron chi connectivity index (χ2n) is 3.59. The number of rotatable bonds is 4. The quantitative estimate of drug-likeness (QED) is 0.584. The average molecular weight is 246 g/mol. The number of nitrogens with two attached hydrogens (primary N) is 1. The van der Waals surface area contributed by atoms with Gasteiger partial charge in [-0.15, -0.1) is 0 Å². The number of fused-ring (bicyclic) bond motifs is 1. The van der Waals surface area contributed by atoms with Gasteiger partial charge < -0.3 is 15.6 Å². The van der Waals surface area contributed by atoms with Gasteiger partial charge in [0.1, 0.15) is 5.82 Å². The van der Waals surface area contributed by atoms with Crippen LogP contribution >= 0.6 is 0 Å². The van der Waals surface area contributed by atoms with Crippen LogP contribution in [0.5, 0.6) is 0 Å². The Labute approximate surface area is 101 Å². The number of nitrogen functional groups attached to an aromatic ring is 1. The van der Waals surface area contributed by atoms with Gasteiger partial charge in [-0.25, -0.2) is 0 Å². The van der Waals surface area contributed by atoms with Crippen LogP contribution in [0.1, 0.15) is 5.82 Å². The van der Waals surface area contributed by atoms with E-state index in [2.05, 4.69) is 40.1 Å². The molecule has 0 aliphatic heterocycles. The molecule has 92 valence electrons. The van der Waals surface area contributed by atoms with Crippen LogP contribution < -0.4 is 11.1 Å². The van der Waals surface area contributed by atoms with Crippen LogP contribution in [-0.4, -0.2) is 36.9 Å². The largest absolute Gasteiger partial charge is 0.369 e. The average Bonchev–Trinajstić information content (AvgIpc) is 2.98. The zero-order valence-electron chi connectivity index (χ0n) is 9.29. The zero-order chi connectivity index (χ0) is 12.4. The monoisotopic (exact) mass is 246 g/mol. The van der Waals surface area contributed by atoms with Crippen LogP contribution in [-0.2, 0) is 6.42 Å². The maximum absolute atomic E-state index is 5.60. The highest BCUT2D eigenvalue weighted by molar-refractivity contribution is 5.86. The number of anilines is 2. The van der Waals surface area contributed by atoms with E-state index in [0.717, 1.165) is 5.39 Å². The maximum atomic E-state index is 5.60. The van der Waals surface area contributed by atoms with E-state index >= 15 is 0 Å². The van der Waals surface area contributed by atoms with Crippen molar-refractivity contribution in [2.24, 2.45) is 0 Å². The van der Waals surface area contributed by atoms with E-state index in [-0.39, 0.29) is 5.95 Å². The van der Waals surface area contributed by atoms with E-state index in [1.165, 1.54) is 6.39 Å². The summed E-state index contributed by atoms with van der Waals surface area (Å²) in [5.74, 6) is 1.46. The topological polar surface area (TPSA) is 131 Å². The van der Waals surface area contributed by atoms with Crippen molar-refractivity contribution in [3.63, 3.8) is 0 Å². The van der Waals surface area contributed by atoms with Crippen molar-refractivity contribution in [2.45, 2.75) is 6.42 Å². The fourth-order valence-corrected chi connectivity index (χ4v) is 1.58. The Morgan fingerprint density at radius 1 is 1.39 bits per heavy atom. The Morgan fingerprint density at radius 3 is 3.17 bits per heavy atom. The molecule has 0 saturated heterocycles. The van der Waals surface area contributed by atoms with E-state index in [0.29, 0.717) is 30.3 Å². The lowest BCUT2D eigenvalue weighted by atomic mass is 10.3. The lowest BCUT2D eigenvalue weighted by Crippen LogP contribution is -2.09. The Morgan fingerprint density at radius 2 is 2.33 bits per heavy atom. The van der Waals surface area contributed by atoms with Gasteiger partial charge in [0.05, 0.1) is 11.6 Å². The fraction of sp³-hybridized carbons (Fsp3) is 0.222. The molecule has 4 N–H and O–H groups in total. The third kappa shape index (κ3) is 1.93. The molecule has 0 aliphatic carbocycles. The summed E-state index contributed by atoms with van der Waals surface area (Å²) in [4.78, 5) is 12.1. The van der Waals surface area contributed by atoms with Crippen molar-refractivity contribution in [2.75, 3.05) is 17.6 Å². The molecule has 0 atom stereocenters. The molecule has 0 saturated carbocycles. The van der Waals surface area contributed by atoms with E-state index < -0.39 is 0 Å². The molecule has 9 heteroatoms. The molecule has 0 amide bonds. The number of hydrogen-bond acceptors (Lipinski definition) is 8. The second kappa shape index (κ2) is 4.28. The van der Waals surface area contributed by atoms with Crippen molar-refractivity contribution in [1.29, 1.82) is 0 Å². The minimum atomic E-state index is 0.189. The first-order valence-electron chi connectivity index (χ1n) is 5.28. The molecule has 3 heterocycles. The van der Waals surface area contributed by atoms with Gasteiger partial charge in [-0.1, -0.05) is 5.16 Å². The van der Waals surface area contributed by atoms with Crippen molar-refractivity contribution < 1.29 is 4.52 Å². The Balaban J connectivity index is 1.75. The molecule has 3 aromatic heterocycles. The molecule has 3 aromatic rings. The highest BCUT2D eigenvalue weighted by Crippen LogP contribution is 2.18. The molecule has 0 spiro atoms. The summed E-state index contributed by atoms with van der Waals surface area (Å²) in [6.07, 6.45) is 3.57. The Kier molecular flexibility index (Phi) is 2.48. The first-order chi connectivity index (χ1) is 8.83. The predicted molar refractivity (Wildman–Crippen MR) is 62.6 cm³/mol. The van der Waals surface area contributed by atoms with E-state index in [1.807, 2.05) is 0 Å². The van der Waals surface area contributed by atoms with E-state index in [9.17, 15) is 0 Å². The lowest BCUT2D eigenvalue weighted by Gasteiger charge is -2.05. The van der Waals surface area contributed by atoms with Crippen LogP contribution in [0.2, 0.25) is 0 Å². The van der Waals surface area contributed by atoms with Crippen molar-refractivity contribution in [1.82, 2.24) is 30.3 Å². The molecule has 0 unspecified atom stereocenters. The number of nitrogens with zero attached hydrogens (tertiary/aromatic N) is 5. The van der Waals surface area contributed by atoms with Gasteiger partial charge in [-0.05, 0) is 0 Å². The first-order valence-corrected chi connectivity index (χ1v) is 5.28. The molecular weight excluding hydrogens is 236 g/mol. The van der Waals surface area contributed by atoms with Crippen molar-refractivity contribution in [3.8, 4) is 0 Å². The van der Waals surface area contributed by atoms with E-state index in [1.54, 1.807) is 6.20 Å². The normalized spacial score (nSPS) is 10.9. The summed E-state index contributed by atoms with van der Waals surface area (Å²) in [6, 6.07) is 0. The summed E-state index contributed by atoms with van der Waals surface area (Å²) in [5, 5.41) is 14.3. The molecule has 18 heavy (non-hydrogen) atoms. The zero-order valence-corrected chi connectivity index (χ0v) is 9.29. The van der Waals surface area contributed by atoms with Gasteiger partial charge in [0.2, 0.25) is 12.3 Å². The highest BCUT2D eigenvalue weighted by atomic mass is 16.5. The summed E-state index contributed by atoms with van der Waals surface area (Å²) in [7, 11) is 0. The molecule has 3 rings (SSSR count). The van der Waals surface area contributed by atoms with Crippen molar-refractivity contribution >= 4 is 22.8 Å². The van der Waals surface area contributed by atoms with Gasteiger partial charge in [0, 0.05) is 13.0 Å². The highest BCUT2D eigenvalue weighted by Gasteiger charge is 2.07. The maximum Gasteiger partial charge on any atom is 0.224 e. The van der Waals surface area contributed by atoms with Gasteiger partial charge >= 0.3 is 0 Å². The molecule has 0 fully saturated rings. The minimum absolute atomic E-state index is 0.189. The second-order valence-corrected chi connectivity index (χ2v) is 3.59. The van der Waals surface area contributed by atoms with Gasteiger partial charge in [-0.3, -0.25) is 5.10 Å². The number of aromatic amines is 1. The van der Waals surface area contributed by atoms with Crippen LogP contribution in [0.3, 0.4) is 0 Å². The summed E-state index contributed by atoms with van der Waals surface area (Å²) in [6.45, 7) is 0.607. The predicted octanol–water partition coefficient (Wildman–Crippen LogP) is -0.0273. The third-order valence-corrected chi connectivity index (χ3v) is 2.38. The number of hydrogen-bond donors (Lipinski definition) is 3. The number of H-pyrrole nitrogens is 1. The summed E-state index contributed by atoms with van der Waals surface area (Å²) in [5.41, 5.74) is 6.20. The van der Waals surface area contributed by atoms with Gasteiger partial charge in [0.15, 0.2) is 11.5 Å². The van der Waals surface area contributed by atoms with Gasteiger partial charge in [-0.2, -0.15) is 20.1 Å². The summed E-state index contributed by atoms with van der Waals surface area (Å²) < 4.78 is 4.64. The molecular formula is C9H10N8O. The van der Waals surface area contributed by atoms with Crippen LogP contribution in [0, 0.1) is 0 Å². The molecule has 0 aliphatic rings. The lowest BCUT2D eigenvalue weighted by molar-refractivity contribution is 0.410. The molecule has 9 nitrogen and oxygen atoms in total. The van der Waals surface area contributed by atoms with E-state index in [4.69, 9.17) is 5.73 Å². The van der Waals surface area contributed by atoms with Crippen LogP contribution in [0.15, 0.2) is 17.1 Å². The fourth-order valence-electron chi connectivity index (χ4n) is 1.58. The third-order valence-electron chi connectivity index (χ3n) is 2.38. The smallest absolute Gasteiger partial charge is 0.224 e. The van der Waals surface area contributed by atoms with Gasteiger partial charge in [0.25, 0.3) is 0 Å². The Bertz CT molecular complexity index is 646.